The Bertz CT molecular complexity index is 748. The van der Waals surface area contributed by atoms with Gasteiger partial charge < -0.3 is 14.5 Å². The van der Waals surface area contributed by atoms with Crippen LogP contribution in [0.4, 0.5) is 16.3 Å². The van der Waals surface area contributed by atoms with Crippen LogP contribution in [0, 0.1) is 0 Å². The third-order valence-electron chi connectivity index (χ3n) is 3.91. The van der Waals surface area contributed by atoms with Crippen molar-refractivity contribution in [2.75, 3.05) is 43.5 Å². The maximum absolute atomic E-state index is 12.3. The average molecular weight is 329 g/mol. The van der Waals surface area contributed by atoms with Gasteiger partial charge in [0.1, 0.15) is 5.75 Å². The van der Waals surface area contributed by atoms with Gasteiger partial charge in [-0.15, -0.1) is 0 Å². The van der Waals surface area contributed by atoms with Crippen LogP contribution < -0.4 is 20.5 Å². The van der Waals surface area contributed by atoms with Crippen molar-refractivity contribution < 1.29 is 9.53 Å². The largest absolute Gasteiger partial charge is 0.495 e. The van der Waals surface area contributed by atoms with Gasteiger partial charge in [-0.2, -0.15) is 5.10 Å². The quantitative estimate of drug-likeness (QED) is 0.881. The molecule has 0 atom stereocenters. The number of H-pyrrole nitrogens is 1. The number of aromatic amines is 1. The fraction of sp³-hybridized carbons (Fsp3) is 0.312. The van der Waals surface area contributed by atoms with Crippen LogP contribution in [0.5, 0.6) is 5.75 Å². The number of hydrogen-bond donors (Lipinski definition) is 2. The Labute approximate surface area is 139 Å². The number of rotatable bonds is 3. The van der Waals surface area contributed by atoms with Gasteiger partial charge in [0, 0.05) is 32.2 Å². The predicted molar refractivity (Wildman–Crippen MR) is 90.7 cm³/mol. The summed E-state index contributed by atoms with van der Waals surface area (Å²) < 4.78 is 5.39. The Morgan fingerprint density at radius 2 is 1.92 bits per heavy atom. The lowest BCUT2D eigenvalue weighted by molar-refractivity contribution is 0.208. The van der Waals surface area contributed by atoms with E-state index in [0.717, 1.165) is 11.4 Å². The fourth-order valence-electron chi connectivity index (χ4n) is 2.64. The topological polar surface area (TPSA) is 90.6 Å². The molecule has 2 amide bonds. The number of carbonyl (C=O) groups excluding carboxylic acids is 1. The maximum Gasteiger partial charge on any atom is 0.323 e. The number of aromatic nitrogens is 2. The van der Waals surface area contributed by atoms with E-state index in [2.05, 4.69) is 20.4 Å². The standard InChI is InChI=1S/C16H19N5O3/c1-24-13-5-3-2-4-12(13)20-8-10-21(11-9-20)16(23)17-14-6-7-15(22)19-18-14/h2-7H,8-11H2,1H3,(H,19,22)(H,17,18,23). The molecule has 1 fully saturated rings. The zero-order chi connectivity index (χ0) is 16.9. The highest BCUT2D eigenvalue weighted by atomic mass is 16.5. The minimum atomic E-state index is -0.307. The molecule has 8 nitrogen and oxygen atoms in total. The van der Waals surface area contributed by atoms with Crippen LogP contribution in [0.2, 0.25) is 0 Å². The highest BCUT2D eigenvalue weighted by Gasteiger charge is 2.23. The number of piperazine rings is 1. The molecule has 1 aliphatic heterocycles. The van der Waals surface area contributed by atoms with Crippen LogP contribution in [0.3, 0.4) is 0 Å². The second-order valence-electron chi connectivity index (χ2n) is 5.38. The van der Waals surface area contributed by atoms with Gasteiger partial charge in [0.15, 0.2) is 5.82 Å². The van der Waals surface area contributed by atoms with Crippen molar-refractivity contribution in [1.82, 2.24) is 15.1 Å². The van der Waals surface area contributed by atoms with Crippen LogP contribution in [0.15, 0.2) is 41.2 Å². The van der Waals surface area contributed by atoms with Gasteiger partial charge in [0.2, 0.25) is 0 Å². The molecule has 2 N–H and O–H groups in total. The Morgan fingerprint density at radius 3 is 2.58 bits per heavy atom. The monoisotopic (exact) mass is 329 g/mol. The molecular weight excluding hydrogens is 310 g/mol. The van der Waals surface area contributed by atoms with E-state index >= 15 is 0 Å². The molecule has 0 aliphatic carbocycles. The van der Waals surface area contributed by atoms with Gasteiger partial charge in [-0.3, -0.25) is 10.1 Å². The first-order valence-corrected chi connectivity index (χ1v) is 7.67. The number of ether oxygens (including phenoxy) is 1. The SMILES string of the molecule is COc1ccccc1N1CCN(C(=O)Nc2ccc(=O)[nH]n2)CC1. The normalized spacial score (nSPS) is 14.4. The number of anilines is 2. The van der Waals surface area contributed by atoms with Crippen molar-refractivity contribution in [2.45, 2.75) is 0 Å². The lowest BCUT2D eigenvalue weighted by atomic mass is 10.2. The Balaban J connectivity index is 1.59. The summed E-state index contributed by atoms with van der Waals surface area (Å²) in [6, 6.07) is 10.4. The molecule has 24 heavy (non-hydrogen) atoms. The zero-order valence-corrected chi connectivity index (χ0v) is 13.4. The molecule has 3 rings (SSSR count). The number of hydrogen-bond acceptors (Lipinski definition) is 5. The van der Waals surface area contributed by atoms with Crippen LogP contribution in [-0.2, 0) is 0 Å². The van der Waals surface area contributed by atoms with E-state index in [0.29, 0.717) is 32.0 Å². The molecule has 1 aromatic carbocycles. The summed E-state index contributed by atoms with van der Waals surface area (Å²) >= 11 is 0. The number of carbonyl (C=O) groups is 1. The minimum Gasteiger partial charge on any atom is -0.495 e. The summed E-state index contributed by atoms with van der Waals surface area (Å²) in [5, 5.41) is 8.74. The highest BCUT2D eigenvalue weighted by molar-refractivity contribution is 5.88. The zero-order valence-electron chi connectivity index (χ0n) is 13.4. The molecule has 0 radical (unpaired) electrons. The lowest BCUT2D eigenvalue weighted by Gasteiger charge is -2.36. The Morgan fingerprint density at radius 1 is 1.17 bits per heavy atom. The number of nitrogens with one attached hydrogen (secondary N) is 2. The van der Waals surface area contributed by atoms with Gasteiger partial charge in [-0.05, 0) is 18.2 Å². The molecule has 126 valence electrons. The third-order valence-corrected chi connectivity index (χ3v) is 3.91. The van der Waals surface area contributed by atoms with E-state index in [1.807, 2.05) is 24.3 Å². The van der Waals surface area contributed by atoms with Crippen molar-refractivity contribution in [3.8, 4) is 5.75 Å². The van der Waals surface area contributed by atoms with Gasteiger partial charge in [-0.25, -0.2) is 9.89 Å². The summed E-state index contributed by atoms with van der Waals surface area (Å²) in [5.74, 6) is 1.15. The number of methoxy groups -OCH3 is 1. The van der Waals surface area contributed by atoms with E-state index in [1.165, 1.54) is 12.1 Å². The van der Waals surface area contributed by atoms with E-state index < -0.39 is 0 Å². The molecule has 8 heteroatoms. The molecular formula is C16H19N5O3. The molecule has 1 aliphatic rings. The number of amides is 2. The van der Waals surface area contributed by atoms with Crippen molar-refractivity contribution >= 4 is 17.5 Å². The summed E-state index contributed by atoms with van der Waals surface area (Å²) in [7, 11) is 1.65. The van der Waals surface area contributed by atoms with Gasteiger partial charge in [-0.1, -0.05) is 12.1 Å². The van der Waals surface area contributed by atoms with E-state index in [-0.39, 0.29) is 11.6 Å². The van der Waals surface area contributed by atoms with Crippen LogP contribution in [0.1, 0.15) is 0 Å². The molecule has 2 heterocycles. The minimum absolute atomic E-state index is 0.228. The van der Waals surface area contributed by atoms with Crippen molar-refractivity contribution in [3.63, 3.8) is 0 Å². The van der Waals surface area contributed by atoms with E-state index in [4.69, 9.17) is 4.74 Å². The first-order chi connectivity index (χ1) is 11.7. The third kappa shape index (κ3) is 3.48. The number of benzene rings is 1. The van der Waals surface area contributed by atoms with Crippen LogP contribution >= 0.6 is 0 Å². The highest BCUT2D eigenvalue weighted by Crippen LogP contribution is 2.28. The van der Waals surface area contributed by atoms with Crippen LogP contribution in [-0.4, -0.2) is 54.4 Å². The molecule has 0 unspecified atom stereocenters. The molecule has 1 saturated heterocycles. The fourth-order valence-corrected chi connectivity index (χ4v) is 2.64. The molecule has 0 spiro atoms. The van der Waals surface area contributed by atoms with E-state index in [9.17, 15) is 9.59 Å². The summed E-state index contributed by atoms with van der Waals surface area (Å²) in [6.07, 6.45) is 0. The van der Waals surface area contributed by atoms with E-state index in [1.54, 1.807) is 12.0 Å². The van der Waals surface area contributed by atoms with Gasteiger partial charge in [0.05, 0.1) is 12.8 Å². The Kier molecular flexibility index (Phi) is 4.64. The van der Waals surface area contributed by atoms with Crippen LogP contribution in [0.25, 0.3) is 0 Å². The molecule has 1 aromatic heterocycles. The van der Waals surface area contributed by atoms with Gasteiger partial charge >= 0.3 is 6.03 Å². The second kappa shape index (κ2) is 7.03. The Hall–Kier alpha value is -3.03. The second-order valence-corrected chi connectivity index (χ2v) is 5.38. The summed E-state index contributed by atoms with van der Waals surface area (Å²) in [6.45, 7) is 2.61. The molecule has 0 bridgehead atoms. The lowest BCUT2D eigenvalue weighted by Crippen LogP contribution is -2.50. The van der Waals surface area contributed by atoms with Crippen molar-refractivity contribution in [1.29, 1.82) is 0 Å². The van der Waals surface area contributed by atoms with Crippen molar-refractivity contribution in [2.24, 2.45) is 0 Å². The summed E-state index contributed by atoms with van der Waals surface area (Å²) in [5.41, 5.74) is 0.723. The smallest absolute Gasteiger partial charge is 0.323 e. The average Bonchev–Trinajstić information content (AvgIpc) is 2.63. The maximum atomic E-state index is 12.3. The van der Waals surface area contributed by atoms with Gasteiger partial charge in [0.25, 0.3) is 5.56 Å². The van der Waals surface area contributed by atoms with Crippen molar-refractivity contribution in [3.05, 3.63) is 46.8 Å². The summed E-state index contributed by atoms with van der Waals surface area (Å²) in [4.78, 5) is 27.1. The number of urea groups is 1. The molecule has 0 saturated carbocycles. The number of para-hydroxylation sites is 2. The first-order valence-electron chi connectivity index (χ1n) is 7.67. The predicted octanol–water partition coefficient (Wildman–Crippen LogP) is 1.13. The first kappa shape index (κ1) is 15.9. The number of nitrogens with zero attached hydrogens (tertiary/aromatic N) is 3. The molecule has 2 aromatic rings.